The summed E-state index contributed by atoms with van der Waals surface area (Å²) >= 11 is 0. The van der Waals surface area contributed by atoms with E-state index in [0.29, 0.717) is 11.5 Å². The molecule has 0 unspecified atom stereocenters. The average Bonchev–Trinajstić information content (AvgIpc) is 2.36. The summed E-state index contributed by atoms with van der Waals surface area (Å²) in [6.07, 6.45) is 0. The number of hydrogen-bond acceptors (Lipinski definition) is 5. The van der Waals surface area contributed by atoms with Crippen LogP contribution in [-0.4, -0.2) is 30.1 Å². The summed E-state index contributed by atoms with van der Waals surface area (Å²) in [4.78, 5) is 11.0. The van der Waals surface area contributed by atoms with Crippen LogP contribution in [0, 0.1) is 0 Å². The first-order chi connectivity index (χ1) is 4.69. The van der Waals surface area contributed by atoms with Crippen LogP contribution in [0.5, 0.6) is 0 Å². The highest BCUT2D eigenvalue weighted by atomic mass is 33.1. The fourth-order valence-electron chi connectivity index (χ4n) is 0.656. The van der Waals surface area contributed by atoms with Gasteiger partial charge in [0, 0.05) is 11.5 Å². The van der Waals surface area contributed by atoms with Crippen molar-refractivity contribution >= 4 is 27.6 Å². The van der Waals surface area contributed by atoms with Crippen LogP contribution in [0.15, 0.2) is 0 Å². The number of carbonyl (C=O) groups excluding carboxylic acids is 1. The Balaban J connectivity index is 2.58. The zero-order chi connectivity index (χ0) is 7.61. The molecule has 1 fully saturated rings. The number of carbonyl (C=O) groups is 1. The molecule has 0 aromatic heterocycles. The van der Waals surface area contributed by atoms with E-state index in [4.69, 9.17) is 5.73 Å². The summed E-state index contributed by atoms with van der Waals surface area (Å²) in [7, 11) is 4.60. The molecule has 0 aromatic rings. The fraction of sp³-hybridized carbons (Fsp3) is 0.800. The smallest absolute Gasteiger partial charge is 0.327 e. The van der Waals surface area contributed by atoms with Crippen molar-refractivity contribution < 1.29 is 9.53 Å². The van der Waals surface area contributed by atoms with Crippen molar-refractivity contribution in [2.75, 3.05) is 18.6 Å². The zero-order valence-corrected chi connectivity index (χ0v) is 7.26. The second-order valence-corrected chi connectivity index (χ2v) is 4.64. The van der Waals surface area contributed by atoms with Crippen LogP contribution in [0.25, 0.3) is 0 Å². The van der Waals surface area contributed by atoms with Gasteiger partial charge in [0.2, 0.25) is 0 Å². The highest BCUT2D eigenvalue weighted by Crippen LogP contribution is 2.36. The Hall–Kier alpha value is 0.130. The van der Waals surface area contributed by atoms with Gasteiger partial charge in [-0.2, -0.15) is 0 Å². The van der Waals surface area contributed by atoms with Crippen LogP contribution >= 0.6 is 21.6 Å². The first-order valence-corrected chi connectivity index (χ1v) is 5.29. The van der Waals surface area contributed by atoms with E-state index >= 15 is 0 Å². The van der Waals surface area contributed by atoms with Gasteiger partial charge in [-0.25, -0.2) is 0 Å². The molecule has 0 saturated carbocycles. The number of esters is 1. The molecule has 0 radical (unpaired) electrons. The minimum Gasteiger partial charge on any atom is -0.468 e. The molecular formula is C5H9NO2S2. The molecular weight excluding hydrogens is 170 g/mol. The van der Waals surface area contributed by atoms with Crippen molar-refractivity contribution in [1.82, 2.24) is 0 Å². The lowest BCUT2D eigenvalue weighted by Gasteiger charge is -2.17. The Morgan fingerprint density at radius 3 is 2.50 bits per heavy atom. The molecule has 1 aliphatic heterocycles. The molecule has 58 valence electrons. The Kier molecular flexibility index (Phi) is 2.49. The molecule has 10 heavy (non-hydrogen) atoms. The molecule has 0 aliphatic carbocycles. The third-order valence-electron chi connectivity index (χ3n) is 1.31. The quantitative estimate of drug-likeness (QED) is 0.462. The molecule has 1 aliphatic rings. The molecule has 3 nitrogen and oxygen atoms in total. The molecule has 1 saturated heterocycles. The Bertz CT molecular complexity index is 145. The summed E-state index contributed by atoms with van der Waals surface area (Å²) in [5.41, 5.74) is 4.96. The average molecular weight is 179 g/mol. The number of ether oxygens (including phenoxy) is 1. The van der Waals surface area contributed by atoms with Crippen LogP contribution in [0.1, 0.15) is 0 Å². The van der Waals surface area contributed by atoms with Gasteiger partial charge >= 0.3 is 5.97 Å². The Labute approximate surface area is 67.5 Å². The van der Waals surface area contributed by atoms with Gasteiger partial charge in [-0.15, -0.1) is 0 Å². The number of nitrogens with two attached hydrogens (primary N) is 1. The normalized spacial score (nSPS) is 22.6. The van der Waals surface area contributed by atoms with Gasteiger partial charge in [-0.3, -0.25) is 4.79 Å². The van der Waals surface area contributed by atoms with E-state index in [9.17, 15) is 4.79 Å². The van der Waals surface area contributed by atoms with Crippen molar-refractivity contribution in [1.29, 1.82) is 0 Å². The Morgan fingerprint density at radius 1 is 1.60 bits per heavy atom. The first kappa shape index (κ1) is 8.23. The van der Waals surface area contributed by atoms with Crippen molar-refractivity contribution in [3.05, 3.63) is 0 Å². The fourth-order valence-corrected chi connectivity index (χ4v) is 3.57. The predicted octanol–water partition coefficient (Wildman–Crippen LogP) is 0.252. The highest BCUT2D eigenvalue weighted by Gasteiger charge is 2.39. The molecule has 5 heteroatoms. The van der Waals surface area contributed by atoms with E-state index in [1.165, 1.54) is 7.11 Å². The van der Waals surface area contributed by atoms with Gasteiger partial charge in [-0.05, 0) is 0 Å². The van der Waals surface area contributed by atoms with E-state index in [1.54, 1.807) is 21.6 Å². The first-order valence-electron chi connectivity index (χ1n) is 2.81. The minimum atomic E-state index is -0.732. The monoisotopic (exact) mass is 179 g/mol. The van der Waals surface area contributed by atoms with Crippen LogP contribution in [0.3, 0.4) is 0 Å². The largest absolute Gasteiger partial charge is 0.468 e. The van der Waals surface area contributed by atoms with E-state index in [-0.39, 0.29) is 5.97 Å². The lowest BCUT2D eigenvalue weighted by atomic mass is 10.1. The lowest BCUT2D eigenvalue weighted by Crippen LogP contribution is -2.51. The zero-order valence-electron chi connectivity index (χ0n) is 5.62. The van der Waals surface area contributed by atoms with Crippen LogP contribution < -0.4 is 5.73 Å². The van der Waals surface area contributed by atoms with E-state index in [1.807, 2.05) is 0 Å². The number of rotatable bonds is 1. The molecule has 0 amide bonds. The second kappa shape index (κ2) is 3.02. The molecule has 0 atom stereocenters. The summed E-state index contributed by atoms with van der Waals surface area (Å²) in [6, 6.07) is 0. The second-order valence-electron chi connectivity index (χ2n) is 2.17. The van der Waals surface area contributed by atoms with Gasteiger partial charge in [0.25, 0.3) is 0 Å². The van der Waals surface area contributed by atoms with E-state index < -0.39 is 5.54 Å². The van der Waals surface area contributed by atoms with Gasteiger partial charge in [-0.1, -0.05) is 21.6 Å². The summed E-state index contributed by atoms with van der Waals surface area (Å²) in [6.45, 7) is 0. The lowest BCUT2D eigenvalue weighted by molar-refractivity contribution is -0.145. The standard InChI is InChI=1S/C5H9NO2S2/c1-8-4(7)5(6)2-9-10-3-5/h2-3,6H2,1H3. The third-order valence-corrected chi connectivity index (χ3v) is 3.95. The van der Waals surface area contributed by atoms with Crippen LogP contribution in [0.4, 0.5) is 0 Å². The SMILES string of the molecule is COC(=O)C1(N)CSSC1. The number of methoxy groups -OCH3 is 1. The van der Waals surface area contributed by atoms with E-state index in [2.05, 4.69) is 4.74 Å². The Morgan fingerprint density at radius 2 is 2.10 bits per heavy atom. The van der Waals surface area contributed by atoms with Crippen molar-refractivity contribution in [2.24, 2.45) is 5.73 Å². The summed E-state index contributed by atoms with van der Waals surface area (Å²) in [5.74, 6) is 1.01. The van der Waals surface area contributed by atoms with Crippen molar-refractivity contribution in [3.63, 3.8) is 0 Å². The summed E-state index contributed by atoms with van der Waals surface area (Å²) < 4.78 is 4.55. The maximum atomic E-state index is 11.0. The van der Waals surface area contributed by atoms with Gasteiger partial charge in [0.05, 0.1) is 7.11 Å². The maximum absolute atomic E-state index is 11.0. The van der Waals surface area contributed by atoms with E-state index in [0.717, 1.165) is 0 Å². The minimum absolute atomic E-state index is 0.301. The molecule has 0 spiro atoms. The molecule has 0 bridgehead atoms. The molecule has 1 heterocycles. The van der Waals surface area contributed by atoms with Crippen LogP contribution in [-0.2, 0) is 9.53 Å². The molecule has 0 aromatic carbocycles. The summed E-state index contributed by atoms with van der Waals surface area (Å²) in [5, 5.41) is 0. The molecule has 1 rings (SSSR count). The van der Waals surface area contributed by atoms with Gasteiger partial charge < -0.3 is 10.5 Å². The van der Waals surface area contributed by atoms with Crippen molar-refractivity contribution in [3.8, 4) is 0 Å². The van der Waals surface area contributed by atoms with Crippen molar-refractivity contribution in [2.45, 2.75) is 5.54 Å². The topological polar surface area (TPSA) is 52.3 Å². The third kappa shape index (κ3) is 1.41. The van der Waals surface area contributed by atoms with Crippen LogP contribution in [0.2, 0.25) is 0 Å². The maximum Gasteiger partial charge on any atom is 0.327 e. The molecule has 2 N–H and O–H groups in total. The number of hydrogen-bond donors (Lipinski definition) is 1. The highest BCUT2D eigenvalue weighted by molar-refractivity contribution is 8.77. The van der Waals surface area contributed by atoms with Gasteiger partial charge in [0.15, 0.2) is 0 Å². The predicted molar refractivity (Wildman–Crippen MR) is 43.9 cm³/mol. The van der Waals surface area contributed by atoms with Gasteiger partial charge in [0.1, 0.15) is 5.54 Å².